The van der Waals surface area contributed by atoms with Gasteiger partial charge in [-0.2, -0.15) is 0 Å². The summed E-state index contributed by atoms with van der Waals surface area (Å²) in [6.45, 7) is 13.8. The molecule has 50 heteroatoms. The third-order valence-corrected chi connectivity index (χ3v) is 24.9. The van der Waals surface area contributed by atoms with Crippen LogP contribution < -0.4 is 103 Å². The predicted molar refractivity (Wildman–Crippen MR) is 541 cm³/mol. The first-order chi connectivity index (χ1) is 70.6. The van der Waals surface area contributed by atoms with E-state index in [0.29, 0.717) is 52.9 Å². The number of nitrogens with two attached hydrogens (primary N) is 5. The Bertz CT molecular complexity index is 5530. The summed E-state index contributed by atoms with van der Waals surface area (Å²) < 4.78 is 0. The van der Waals surface area contributed by atoms with Crippen LogP contribution in [0.3, 0.4) is 0 Å². The van der Waals surface area contributed by atoms with Gasteiger partial charge in [0.15, 0.2) is 11.9 Å². The number of imidazole rings is 2. The van der Waals surface area contributed by atoms with E-state index in [9.17, 15) is 107 Å². The number of nitrogens with one attached hydrogen (secondary N) is 18. The highest BCUT2D eigenvalue weighted by molar-refractivity contribution is 6.01. The summed E-state index contributed by atoms with van der Waals surface area (Å²) >= 11 is 0. The molecular weight excluding hydrogens is 1940 g/mol. The van der Waals surface area contributed by atoms with Crippen molar-refractivity contribution in [3.05, 3.63) is 168 Å². The molecule has 0 unspecified atom stereocenters. The number of hydrogen-bond donors (Lipinski definition) is 28. The summed E-state index contributed by atoms with van der Waals surface area (Å²) in [5.74, 6) is -19.0. The van der Waals surface area contributed by atoms with Crippen molar-refractivity contribution in [3.8, 4) is 11.5 Å². The average molecular weight is 2080 g/mol. The number of aliphatic carboxylic acids is 3. The number of carbonyl (C=O) groups excluding carboxylic acids is 15. The van der Waals surface area contributed by atoms with Crippen LogP contribution in [-0.2, 0) is 125 Å². The molecule has 0 aliphatic carbocycles. The van der Waals surface area contributed by atoms with Gasteiger partial charge in [-0.05, 0) is 122 Å². The summed E-state index contributed by atoms with van der Waals surface area (Å²) in [6.07, 6.45) is 5.80. The van der Waals surface area contributed by atoms with Gasteiger partial charge < -0.3 is 148 Å². The van der Waals surface area contributed by atoms with Crippen LogP contribution in [0.2, 0.25) is 0 Å². The summed E-state index contributed by atoms with van der Waals surface area (Å²) in [5, 5.41) is 101. The van der Waals surface area contributed by atoms with Gasteiger partial charge in [-0.3, -0.25) is 87.5 Å². The third-order valence-electron chi connectivity index (χ3n) is 24.9. The summed E-state index contributed by atoms with van der Waals surface area (Å²) in [4.78, 5) is 260. The van der Waals surface area contributed by atoms with Crippen LogP contribution in [0.5, 0.6) is 11.5 Å². The first-order valence-electron chi connectivity index (χ1n) is 49.1. The molecule has 149 heavy (non-hydrogen) atoms. The molecule has 0 bridgehead atoms. The Labute approximate surface area is 860 Å². The number of rotatable bonds is 57. The van der Waals surface area contributed by atoms with Crippen molar-refractivity contribution < 1.29 is 112 Å². The lowest BCUT2D eigenvalue weighted by Crippen LogP contribution is -2.62. The molecule has 2 aliphatic rings. The van der Waals surface area contributed by atoms with Gasteiger partial charge in [0.1, 0.15) is 96.1 Å². The van der Waals surface area contributed by atoms with Gasteiger partial charge in [0.25, 0.3) is 0 Å². The monoisotopic (exact) mass is 2080 g/mol. The molecule has 810 valence electrons. The molecule has 4 heterocycles. The average Bonchev–Trinajstić information content (AvgIpc) is 1.72. The number of hydrogen-bond acceptors (Lipinski definition) is 26. The Balaban J connectivity index is 0.000000403. The van der Waals surface area contributed by atoms with E-state index >= 15 is 0 Å². The number of carbonyl (C=O) groups is 18. The van der Waals surface area contributed by atoms with E-state index in [-0.39, 0.29) is 127 Å². The summed E-state index contributed by atoms with van der Waals surface area (Å²) in [6, 6.07) is 8.09. The van der Waals surface area contributed by atoms with E-state index in [2.05, 4.69) is 94.4 Å². The molecule has 4 aromatic carbocycles. The lowest BCUT2D eigenvalue weighted by atomic mass is 9.96. The minimum atomic E-state index is -1.51. The number of nitrogens with zero attached hydrogens (tertiary/aromatic N) is 4. The van der Waals surface area contributed by atoms with Gasteiger partial charge in [0.05, 0.1) is 37.6 Å². The van der Waals surface area contributed by atoms with Crippen LogP contribution in [0.4, 0.5) is 0 Å². The molecule has 2 fully saturated rings. The summed E-state index contributed by atoms with van der Waals surface area (Å²) in [5.41, 5.74) is 30.8. The Morgan fingerprint density at radius 2 is 0.705 bits per heavy atom. The zero-order chi connectivity index (χ0) is 110. The number of carboxylic acids is 3. The highest BCUT2D eigenvalue weighted by atomic mass is 16.4. The van der Waals surface area contributed by atoms with Crippen molar-refractivity contribution in [2.24, 2.45) is 52.3 Å². The molecule has 50 nitrogen and oxygen atoms in total. The molecule has 6 aromatic rings. The number of primary amides is 1. The minimum Gasteiger partial charge on any atom is -0.508 e. The number of aromatic hydroxyl groups is 2. The van der Waals surface area contributed by atoms with Crippen molar-refractivity contribution in [1.82, 2.24) is 104 Å². The number of benzene rings is 4. The van der Waals surface area contributed by atoms with Crippen LogP contribution in [0, 0.1) is 34.5 Å². The number of phenolic OH excluding ortho intramolecular Hbond substituents is 2. The van der Waals surface area contributed by atoms with Crippen LogP contribution in [-0.4, -0.2) is 297 Å². The molecule has 0 saturated carbocycles. The maximum absolute atomic E-state index is 14.6. The Morgan fingerprint density at radius 3 is 1.02 bits per heavy atom. The van der Waals surface area contributed by atoms with E-state index in [1.54, 1.807) is 116 Å². The zero-order valence-electron chi connectivity index (χ0n) is 84.4. The minimum absolute atomic E-state index is 0.000167. The number of H-pyrrole nitrogens is 2. The van der Waals surface area contributed by atoms with Gasteiger partial charge in [-0.15, -0.1) is 0 Å². The van der Waals surface area contributed by atoms with Crippen molar-refractivity contribution in [2.75, 3.05) is 26.2 Å². The topological polar surface area (TPSA) is 818 Å². The zero-order valence-corrected chi connectivity index (χ0v) is 84.4. The Hall–Kier alpha value is -16.2. The molecular formula is C99H141N27O23. The molecule has 15 amide bonds. The van der Waals surface area contributed by atoms with E-state index in [4.69, 9.17) is 44.6 Å². The Morgan fingerprint density at radius 1 is 0.389 bits per heavy atom. The Kier molecular flexibility index (Phi) is 47.8. The lowest BCUT2D eigenvalue weighted by Gasteiger charge is -2.32. The van der Waals surface area contributed by atoms with Gasteiger partial charge >= 0.3 is 17.9 Å². The van der Waals surface area contributed by atoms with Crippen molar-refractivity contribution >= 4 is 118 Å². The molecule has 2 saturated heterocycles. The number of amides is 15. The fourth-order valence-corrected chi connectivity index (χ4v) is 16.5. The van der Waals surface area contributed by atoms with E-state index < -0.39 is 240 Å². The highest BCUT2D eigenvalue weighted by Crippen LogP contribution is 2.26. The maximum atomic E-state index is 14.6. The molecule has 0 spiro atoms. The van der Waals surface area contributed by atoms with Gasteiger partial charge in [0, 0.05) is 88.5 Å². The molecule has 2 aromatic heterocycles. The quantitative estimate of drug-likeness (QED) is 0.0102. The number of aromatic amines is 2. The largest absolute Gasteiger partial charge is 0.508 e. The van der Waals surface area contributed by atoms with Crippen LogP contribution in [0.1, 0.15) is 160 Å². The first kappa shape index (κ1) is 120. The fourth-order valence-electron chi connectivity index (χ4n) is 16.5. The number of likely N-dealkylation sites (tertiary alicyclic amines) is 2. The number of carboxylic acid groups (broad SMARTS) is 3. The SMILES string of the molecule is CC(C)[C@H](NC(=O)[C@H](CCCNC(=N)N)NC(=O)[C@@H](N)CC(N)=O)C(=O)N[C@@H](Cc1ccc(O)cc1)C(=O)N[C@H](C(=O)N[C@@H](Cc1cnc[nH]1)C(=O)N1CCC[C@H]1C(=O)N[C@@H](Cc1ccccc1)C(=O)O)C(C)C.CC[C@H](C)[C@H](NC(=O)[C@H](Cc1ccc(O)cc1)NC(=O)[C@@H](NC(=O)[C@H](CCCNC(=N)N)NC(=O)[C@@H](N)CC(=O)O)C(C)C)C(=O)N[C@@H](Cc1cnc[nH]1)C(=O)N1CCC[C@H]1C(=O)N[C@@H](Cc1ccccc1)C(=O)O. The number of phenols is 2. The first-order valence-corrected chi connectivity index (χ1v) is 49.1. The predicted octanol–water partition coefficient (Wildman–Crippen LogP) is -3.20. The van der Waals surface area contributed by atoms with Gasteiger partial charge in [-0.25, -0.2) is 19.6 Å². The van der Waals surface area contributed by atoms with E-state index in [1.165, 1.54) is 83.4 Å². The van der Waals surface area contributed by atoms with Crippen LogP contribution in [0.15, 0.2) is 134 Å². The second-order valence-electron chi connectivity index (χ2n) is 37.7. The van der Waals surface area contributed by atoms with Crippen molar-refractivity contribution in [3.63, 3.8) is 0 Å². The van der Waals surface area contributed by atoms with Crippen molar-refractivity contribution in [1.29, 1.82) is 10.8 Å². The second-order valence-corrected chi connectivity index (χ2v) is 37.7. The third kappa shape index (κ3) is 39.3. The summed E-state index contributed by atoms with van der Waals surface area (Å²) in [7, 11) is 0. The standard InChI is InChI=1S/C50H71N13O12.C49H70N14O11/c1-5-28(4)41(47(72)59-36(23-31-25-54-26-56-31)48(73)63-20-10-14-38(63)45(70)60-37(49(74)75)22-29-11-7-6-8-12-29)62-44(69)35(21-30-15-17-32(64)18-16-30)58-46(71)40(27(2)3)61-43(68)34(13-9-19-55-50(52)53)57-42(67)33(51)24-39(65)66;1-26(2)39(61-42(67)33(12-8-18-55-49(52)53)57-41(66)32(50)23-38(51)65)45(70)58-34(20-29-14-16-31(64)17-15-29)43(68)62-40(27(3)4)46(71)59-35(22-30-24-54-25-56-30)47(72)63-19-9-13-37(63)44(69)60-36(48(73)74)21-28-10-6-5-7-11-28/h6-8,11-12,15-18,25-28,33-38,40-41,64H,5,9-10,13-14,19-24,51H2,1-4H3,(H,54,56)(H,57,67)(H,58,71)(H,59,72)(H,60,70)(H,61,68)(H,62,69)(H,65,66)(H,74,75)(H4,52,53,55);5-7,10-11,14-17,24-27,32-37,39-40,64H,8-9,12-13,18-23,50H2,1-4H3,(H2,51,65)(H,54,56)(H,57,66)(H,58,70)(H,59,71)(H,60,69)(H,61,67)(H,62,68)(H,73,74)(H4,52,53,55)/t28-,33-,34-,35-,36-,37-,38-,40-,41-;32-,33-,34-,35-,36-,37-,39-,40-/m00/s1. The lowest BCUT2D eigenvalue weighted by molar-refractivity contribution is -0.145. The number of aromatic nitrogens is 4. The molecule has 8 rings (SSSR count). The van der Waals surface area contributed by atoms with Crippen LogP contribution >= 0.6 is 0 Å². The van der Waals surface area contributed by atoms with Gasteiger partial charge in [-0.1, -0.05) is 147 Å². The van der Waals surface area contributed by atoms with E-state index in [1.807, 2.05) is 0 Å². The molecule has 0 radical (unpaired) electrons. The maximum Gasteiger partial charge on any atom is 0.326 e. The van der Waals surface area contributed by atoms with E-state index in [0.717, 1.165) is 0 Å². The van der Waals surface area contributed by atoms with Crippen LogP contribution in [0.25, 0.3) is 0 Å². The fraction of sp³-hybridized carbons (Fsp3) is 0.495. The smallest absolute Gasteiger partial charge is 0.326 e. The molecule has 17 atom stereocenters. The molecule has 2 aliphatic heterocycles. The normalized spacial score (nSPS) is 16.2. The second kappa shape index (κ2) is 59.4. The van der Waals surface area contributed by atoms with Gasteiger partial charge in [0.2, 0.25) is 88.6 Å². The number of guanidine groups is 2. The highest BCUT2D eigenvalue weighted by Gasteiger charge is 2.45. The molecule has 33 N–H and O–H groups in total. The van der Waals surface area contributed by atoms with Crippen molar-refractivity contribution in [2.45, 2.75) is 261 Å².